The first-order chi connectivity index (χ1) is 12.0. The molecule has 5 heteroatoms. The van der Waals surface area contributed by atoms with E-state index in [-0.39, 0.29) is 6.04 Å². The lowest BCUT2D eigenvalue weighted by Gasteiger charge is -2.26. The lowest BCUT2D eigenvalue weighted by atomic mass is 9.93. The van der Waals surface area contributed by atoms with Gasteiger partial charge in [0.05, 0.1) is 20.3 Å². The van der Waals surface area contributed by atoms with Crippen LogP contribution in [-0.2, 0) is 0 Å². The molecule has 0 aromatic heterocycles. The fourth-order valence-electron chi connectivity index (χ4n) is 2.76. The summed E-state index contributed by atoms with van der Waals surface area (Å²) in [7, 11) is 3.23. The fraction of sp³-hybridized carbons (Fsp3) is 0.350. The van der Waals surface area contributed by atoms with Gasteiger partial charge in [-0.25, -0.2) is 0 Å². The van der Waals surface area contributed by atoms with Gasteiger partial charge in [-0.1, -0.05) is 38.1 Å². The van der Waals surface area contributed by atoms with E-state index in [0.29, 0.717) is 22.5 Å². The van der Waals surface area contributed by atoms with Crippen molar-refractivity contribution in [3.05, 3.63) is 53.6 Å². The molecule has 0 saturated heterocycles. The van der Waals surface area contributed by atoms with E-state index in [4.69, 9.17) is 21.7 Å². The highest BCUT2D eigenvalue weighted by atomic mass is 32.1. The number of anilines is 1. The molecule has 0 aliphatic carbocycles. The number of nitrogens with one attached hydrogen (secondary N) is 2. The van der Waals surface area contributed by atoms with Crippen LogP contribution in [0, 0.1) is 12.8 Å². The van der Waals surface area contributed by atoms with Gasteiger partial charge in [0.1, 0.15) is 0 Å². The predicted molar refractivity (Wildman–Crippen MR) is 108 cm³/mol. The Labute approximate surface area is 155 Å². The Morgan fingerprint density at radius 3 is 2.28 bits per heavy atom. The van der Waals surface area contributed by atoms with Gasteiger partial charge in [-0.05, 0) is 48.3 Å². The number of hydrogen-bond acceptors (Lipinski definition) is 3. The number of benzene rings is 2. The maximum atomic E-state index is 5.52. The van der Waals surface area contributed by atoms with E-state index in [1.807, 2.05) is 18.2 Å². The van der Waals surface area contributed by atoms with E-state index in [9.17, 15) is 0 Å². The van der Waals surface area contributed by atoms with Crippen LogP contribution in [0.25, 0.3) is 0 Å². The molecule has 0 unspecified atom stereocenters. The van der Waals surface area contributed by atoms with Crippen molar-refractivity contribution in [3.63, 3.8) is 0 Å². The molecule has 0 fully saturated rings. The van der Waals surface area contributed by atoms with Crippen LogP contribution in [0.1, 0.15) is 31.0 Å². The molecule has 0 spiro atoms. The van der Waals surface area contributed by atoms with Crippen LogP contribution in [0.2, 0.25) is 0 Å². The number of hydrogen-bond donors (Lipinski definition) is 2. The topological polar surface area (TPSA) is 42.5 Å². The monoisotopic (exact) mass is 358 g/mol. The summed E-state index contributed by atoms with van der Waals surface area (Å²) < 4.78 is 10.6. The Hall–Kier alpha value is -2.27. The summed E-state index contributed by atoms with van der Waals surface area (Å²) in [5, 5.41) is 7.24. The van der Waals surface area contributed by atoms with Gasteiger partial charge < -0.3 is 20.1 Å². The normalized spacial score (nSPS) is 11.8. The largest absolute Gasteiger partial charge is 0.493 e. The van der Waals surface area contributed by atoms with Crippen LogP contribution >= 0.6 is 12.2 Å². The standard InChI is InChI=1S/C20H26N2O2S/c1-13(2)19(16-9-7-6-8-14(16)3)22-20(25)21-15-10-11-17(23-4)18(12-15)24-5/h6-13,19H,1-5H3,(H2,21,22,25)/t19-/m1/s1. The van der Waals surface area contributed by atoms with Crippen LogP contribution in [0.4, 0.5) is 5.69 Å². The molecule has 2 rings (SSSR count). The molecule has 25 heavy (non-hydrogen) atoms. The Morgan fingerprint density at radius 2 is 1.68 bits per heavy atom. The first-order valence-electron chi connectivity index (χ1n) is 8.31. The summed E-state index contributed by atoms with van der Waals surface area (Å²) in [6, 6.07) is 14.1. The molecule has 2 aromatic rings. The fourth-order valence-corrected chi connectivity index (χ4v) is 3.01. The second kappa shape index (κ2) is 8.72. The first kappa shape index (κ1) is 19.1. The summed E-state index contributed by atoms with van der Waals surface area (Å²) in [5.41, 5.74) is 3.36. The van der Waals surface area contributed by atoms with Crippen molar-refractivity contribution in [2.45, 2.75) is 26.8 Å². The zero-order valence-electron chi connectivity index (χ0n) is 15.4. The zero-order chi connectivity index (χ0) is 18.4. The molecule has 0 heterocycles. The molecule has 1 atom stereocenters. The molecule has 0 saturated carbocycles. The van der Waals surface area contributed by atoms with Gasteiger partial charge in [0, 0.05) is 11.8 Å². The van der Waals surface area contributed by atoms with Gasteiger partial charge in [0.15, 0.2) is 16.6 Å². The lowest BCUT2D eigenvalue weighted by Crippen LogP contribution is -2.35. The van der Waals surface area contributed by atoms with E-state index in [0.717, 1.165) is 5.69 Å². The molecule has 2 N–H and O–H groups in total. The second-order valence-electron chi connectivity index (χ2n) is 6.25. The van der Waals surface area contributed by atoms with Gasteiger partial charge in [-0.3, -0.25) is 0 Å². The first-order valence-corrected chi connectivity index (χ1v) is 8.72. The summed E-state index contributed by atoms with van der Waals surface area (Å²) in [5.74, 6) is 1.74. The average molecular weight is 359 g/mol. The van der Waals surface area contributed by atoms with Gasteiger partial charge in [0.25, 0.3) is 0 Å². The Kier molecular flexibility index (Phi) is 6.65. The molecular formula is C20H26N2O2S. The number of methoxy groups -OCH3 is 2. The molecule has 2 aromatic carbocycles. The smallest absolute Gasteiger partial charge is 0.171 e. The van der Waals surface area contributed by atoms with Gasteiger partial charge >= 0.3 is 0 Å². The predicted octanol–water partition coefficient (Wildman–Crippen LogP) is 4.70. The van der Waals surface area contributed by atoms with Crippen molar-refractivity contribution in [1.29, 1.82) is 0 Å². The summed E-state index contributed by atoms with van der Waals surface area (Å²) in [6.45, 7) is 6.49. The third-order valence-electron chi connectivity index (χ3n) is 4.12. The van der Waals surface area contributed by atoms with E-state index < -0.39 is 0 Å². The minimum atomic E-state index is 0.140. The van der Waals surface area contributed by atoms with Gasteiger partial charge in [0.2, 0.25) is 0 Å². The van der Waals surface area contributed by atoms with E-state index >= 15 is 0 Å². The highest BCUT2D eigenvalue weighted by Gasteiger charge is 2.18. The Balaban J connectivity index is 2.13. The van der Waals surface area contributed by atoms with Crippen molar-refractivity contribution in [3.8, 4) is 11.5 Å². The number of ether oxygens (including phenoxy) is 2. The van der Waals surface area contributed by atoms with Crippen molar-refractivity contribution >= 4 is 23.0 Å². The number of rotatable bonds is 6. The van der Waals surface area contributed by atoms with Crippen molar-refractivity contribution < 1.29 is 9.47 Å². The summed E-state index contributed by atoms with van der Waals surface area (Å²) >= 11 is 5.52. The second-order valence-corrected chi connectivity index (χ2v) is 6.65. The SMILES string of the molecule is COc1ccc(NC(=S)N[C@@H](c2ccccc2C)C(C)C)cc1OC. The molecule has 0 bridgehead atoms. The molecule has 0 aliphatic heterocycles. The van der Waals surface area contributed by atoms with Gasteiger partial charge in [-0.15, -0.1) is 0 Å². The number of thiocarbonyl (C=S) groups is 1. The third-order valence-corrected chi connectivity index (χ3v) is 4.34. The maximum absolute atomic E-state index is 5.52. The summed E-state index contributed by atoms with van der Waals surface area (Å²) in [6.07, 6.45) is 0. The average Bonchev–Trinajstić information content (AvgIpc) is 2.60. The van der Waals surface area contributed by atoms with Crippen LogP contribution in [0.5, 0.6) is 11.5 Å². The Bertz CT molecular complexity index is 731. The van der Waals surface area contributed by atoms with E-state index in [1.54, 1.807) is 14.2 Å². The van der Waals surface area contributed by atoms with Crippen molar-refractivity contribution in [2.24, 2.45) is 5.92 Å². The minimum absolute atomic E-state index is 0.140. The maximum Gasteiger partial charge on any atom is 0.171 e. The molecular weight excluding hydrogens is 332 g/mol. The molecule has 0 amide bonds. The molecule has 4 nitrogen and oxygen atoms in total. The van der Waals surface area contributed by atoms with E-state index in [1.165, 1.54) is 11.1 Å². The minimum Gasteiger partial charge on any atom is -0.493 e. The van der Waals surface area contributed by atoms with Crippen LogP contribution in [-0.4, -0.2) is 19.3 Å². The molecule has 0 radical (unpaired) electrons. The van der Waals surface area contributed by atoms with Gasteiger partial charge in [-0.2, -0.15) is 0 Å². The lowest BCUT2D eigenvalue weighted by molar-refractivity contribution is 0.355. The molecule has 134 valence electrons. The van der Waals surface area contributed by atoms with Crippen molar-refractivity contribution in [1.82, 2.24) is 5.32 Å². The third kappa shape index (κ3) is 4.86. The Morgan fingerprint density at radius 1 is 1.00 bits per heavy atom. The van der Waals surface area contributed by atoms with Crippen LogP contribution in [0.15, 0.2) is 42.5 Å². The molecule has 0 aliphatic rings. The van der Waals surface area contributed by atoms with E-state index in [2.05, 4.69) is 55.7 Å². The zero-order valence-corrected chi connectivity index (χ0v) is 16.2. The summed E-state index contributed by atoms with van der Waals surface area (Å²) in [4.78, 5) is 0. The van der Waals surface area contributed by atoms with Crippen LogP contribution in [0.3, 0.4) is 0 Å². The number of aryl methyl sites for hydroxylation is 1. The van der Waals surface area contributed by atoms with Crippen molar-refractivity contribution in [2.75, 3.05) is 19.5 Å². The quantitative estimate of drug-likeness (QED) is 0.733. The highest BCUT2D eigenvalue weighted by molar-refractivity contribution is 7.80. The van der Waals surface area contributed by atoms with Crippen LogP contribution < -0.4 is 20.1 Å². The highest BCUT2D eigenvalue weighted by Crippen LogP contribution is 2.30.